The number of carbonyl (C=O) groups excluding carboxylic acids is 1. The molecule has 0 unspecified atom stereocenters. The third-order valence-corrected chi connectivity index (χ3v) is 6.47. The van der Waals surface area contributed by atoms with Gasteiger partial charge in [0.05, 0.1) is 5.56 Å². The Bertz CT molecular complexity index is 1300. The van der Waals surface area contributed by atoms with Crippen LogP contribution in [0.1, 0.15) is 59.6 Å². The predicted octanol–water partition coefficient (Wildman–Crippen LogP) is 7.32. The van der Waals surface area contributed by atoms with Crippen LogP contribution in [0.2, 0.25) is 0 Å². The summed E-state index contributed by atoms with van der Waals surface area (Å²) in [6.45, 7) is 0. The zero-order valence-corrected chi connectivity index (χ0v) is 18.5. The van der Waals surface area contributed by atoms with Gasteiger partial charge in [0.1, 0.15) is 11.3 Å². The number of nitrogens with zero attached hydrogens (tertiary/aromatic N) is 2. The highest BCUT2D eigenvalue weighted by Gasteiger charge is 2.30. The second-order valence-corrected chi connectivity index (χ2v) is 8.80. The number of aromatic nitrogens is 2. The van der Waals surface area contributed by atoms with Gasteiger partial charge in [-0.05, 0) is 71.8 Å². The van der Waals surface area contributed by atoms with Gasteiger partial charge in [-0.2, -0.15) is 13.2 Å². The van der Waals surface area contributed by atoms with E-state index in [9.17, 15) is 18.0 Å². The van der Waals surface area contributed by atoms with Crippen molar-refractivity contribution in [3.05, 3.63) is 89.9 Å². The van der Waals surface area contributed by atoms with Crippen molar-refractivity contribution in [3.63, 3.8) is 0 Å². The Balaban J connectivity index is 1.32. The van der Waals surface area contributed by atoms with E-state index >= 15 is 0 Å². The number of nitrogens with one attached hydrogen (secondary N) is 1. The van der Waals surface area contributed by atoms with Crippen LogP contribution in [0.5, 0.6) is 0 Å². The van der Waals surface area contributed by atoms with Crippen molar-refractivity contribution in [1.29, 1.82) is 0 Å². The van der Waals surface area contributed by atoms with E-state index in [2.05, 4.69) is 34.6 Å². The van der Waals surface area contributed by atoms with E-state index in [1.54, 1.807) is 10.6 Å². The summed E-state index contributed by atoms with van der Waals surface area (Å²) in [6.07, 6.45) is 5.59. The summed E-state index contributed by atoms with van der Waals surface area (Å²) in [4.78, 5) is 16.9. The second kappa shape index (κ2) is 8.97. The summed E-state index contributed by atoms with van der Waals surface area (Å²) in [7, 11) is 0. The van der Waals surface area contributed by atoms with Crippen LogP contribution < -0.4 is 5.32 Å². The molecule has 1 aliphatic carbocycles. The van der Waals surface area contributed by atoms with Crippen molar-refractivity contribution < 1.29 is 18.0 Å². The lowest BCUT2D eigenvalue weighted by Gasteiger charge is -2.22. The molecule has 0 saturated heterocycles. The van der Waals surface area contributed by atoms with Crippen molar-refractivity contribution >= 4 is 17.2 Å². The van der Waals surface area contributed by atoms with Gasteiger partial charge >= 0.3 is 6.18 Å². The number of halogens is 3. The van der Waals surface area contributed by atoms with Gasteiger partial charge in [-0.1, -0.05) is 43.5 Å². The molecule has 1 saturated carbocycles. The molecule has 0 atom stereocenters. The van der Waals surface area contributed by atoms with Crippen molar-refractivity contribution in [1.82, 2.24) is 9.38 Å². The Kier molecular flexibility index (Phi) is 5.86. The topological polar surface area (TPSA) is 46.4 Å². The first-order valence-electron chi connectivity index (χ1n) is 11.4. The van der Waals surface area contributed by atoms with E-state index in [0.29, 0.717) is 11.6 Å². The molecule has 2 aromatic heterocycles. The Hall–Kier alpha value is -3.61. The fourth-order valence-electron chi connectivity index (χ4n) is 4.59. The molecule has 0 spiro atoms. The van der Waals surface area contributed by atoms with Crippen LogP contribution in [0.3, 0.4) is 0 Å². The number of pyridine rings is 1. The van der Waals surface area contributed by atoms with Crippen LogP contribution in [-0.4, -0.2) is 15.3 Å². The first-order valence-corrected chi connectivity index (χ1v) is 11.4. The maximum Gasteiger partial charge on any atom is 0.416 e. The summed E-state index contributed by atoms with van der Waals surface area (Å²) in [5.74, 6) is 0.173. The number of amides is 1. The normalized spacial score (nSPS) is 14.9. The van der Waals surface area contributed by atoms with Crippen LogP contribution in [0.4, 0.5) is 18.9 Å². The number of anilines is 1. The number of hydrogen-bond acceptors (Lipinski definition) is 2. The molecule has 0 bridgehead atoms. The number of hydrogen-bond donors (Lipinski definition) is 1. The molecule has 1 amide bonds. The van der Waals surface area contributed by atoms with Crippen molar-refractivity contribution in [2.45, 2.75) is 44.2 Å². The highest BCUT2D eigenvalue weighted by Crippen LogP contribution is 2.34. The van der Waals surface area contributed by atoms with Gasteiger partial charge in [0, 0.05) is 18.1 Å². The van der Waals surface area contributed by atoms with Crippen LogP contribution in [-0.2, 0) is 6.18 Å². The highest BCUT2D eigenvalue weighted by molar-refractivity contribution is 6.03. The molecule has 1 fully saturated rings. The summed E-state index contributed by atoms with van der Waals surface area (Å²) in [6, 6.07) is 16.8. The van der Waals surface area contributed by atoms with Crippen molar-refractivity contribution in [3.8, 4) is 11.1 Å². The number of benzene rings is 2. The van der Waals surface area contributed by atoms with Gasteiger partial charge in [-0.3, -0.25) is 4.79 Å². The maximum absolute atomic E-state index is 12.7. The lowest BCUT2D eigenvalue weighted by Crippen LogP contribution is -2.12. The molecule has 2 aromatic carbocycles. The Morgan fingerprint density at radius 2 is 1.53 bits per heavy atom. The summed E-state index contributed by atoms with van der Waals surface area (Å²) in [5.41, 5.74) is 3.80. The molecule has 4 aromatic rings. The minimum atomic E-state index is -4.42. The van der Waals surface area contributed by atoms with Crippen LogP contribution in [0.15, 0.2) is 73.1 Å². The average molecular weight is 464 g/mol. The first kappa shape index (κ1) is 22.2. The molecular weight excluding hydrogens is 439 g/mol. The number of imidazole rings is 1. The third-order valence-electron chi connectivity index (χ3n) is 6.47. The minimum Gasteiger partial charge on any atom is -0.321 e. The van der Waals surface area contributed by atoms with E-state index in [-0.39, 0.29) is 11.4 Å². The number of alkyl halides is 3. The number of rotatable bonds is 4. The monoisotopic (exact) mass is 463 g/mol. The molecule has 34 heavy (non-hydrogen) atoms. The van der Waals surface area contributed by atoms with Crippen LogP contribution in [0.25, 0.3) is 16.8 Å². The molecule has 2 heterocycles. The Morgan fingerprint density at radius 3 is 2.21 bits per heavy atom. The largest absolute Gasteiger partial charge is 0.416 e. The van der Waals surface area contributed by atoms with E-state index in [4.69, 9.17) is 0 Å². The standard InChI is InChI=1S/C27H24F3N3O/c28-27(29,30)22-11-13-23(14-12-22)31-26(34)24-17-33-16-21(10-15-25(33)32-24)20-8-6-19(7-9-20)18-4-2-1-3-5-18/h6-18H,1-5H2,(H,31,34). The van der Waals surface area contributed by atoms with E-state index in [1.165, 1.54) is 49.8 Å². The summed E-state index contributed by atoms with van der Waals surface area (Å²) < 4.78 is 40.0. The smallest absolute Gasteiger partial charge is 0.321 e. The van der Waals surface area contributed by atoms with Gasteiger partial charge in [0.2, 0.25) is 0 Å². The molecule has 1 N–H and O–H groups in total. The quantitative estimate of drug-likeness (QED) is 0.345. The SMILES string of the molecule is O=C(Nc1ccc(C(F)(F)F)cc1)c1cn2cc(-c3ccc(C4CCCCC4)cc3)ccc2n1. The zero-order valence-electron chi connectivity index (χ0n) is 18.5. The van der Waals surface area contributed by atoms with Crippen LogP contribution in [0, 0.1) is 0 Å². The first-order chi connectivity index (χ1) is 16.4. The number of fused-ring (bicyclic) bond motifs is 1. The molecule has 5 rings (SSSR count). The summed E-state index contributed by atoms with van der Waals surface area (Å²) in [5, 5.41) is 2.60. The molecule has 0 radical (unpaired) electrons. The molecule has 0 aliphatic heterocycles. The second-order valence-electron chi connectivity index (χ2n) is 8.80. The maximum atomic E-state index is 12.7. The van der Waals surface area contributed by atoms with Gasteiger partial charge in [0.25, 0.3) is 5.91 Å². The molecule has 7 heteroatoms. The van der Waals surface area contributed by atoms with Gasteiger partial charge < -0.3 is 9.72 Å². The lowest BCUT2D eigenvalue weighted by molar-refractivity contribution is -0.137. The Labute approximate surface area is 195 Å². The predicted molar refractivity (Wildman–Crippen MR) is 126 cm³/mol. The van der Waals surface area contributed by atoms with Crippen LogP contribution >= 0.6 is 0 Å². The molecular formula is C27H24F3N3O. The molecule has 4 nitrogen and oxygen atoms in total. The van der Waals surface area contributed by atoms with E-state index < -0.39 is 17.6 Å². The minimum absolute atomic E-state index is 0.185. The lowest BCUT2D eigenvalue weighted by atomic mass is 9.84. The third kappa shape index (κ3) is 4.69. The van der Waals surface area contributed by atoms with Gasteiger partial charge in [0.15, 0.2) is 0 Å². The van der Waals surface area contributed by atoms with Gasteiger partial charge in [-0.15, -0.1) is 0 Å². The van der Waals surface area contributed by atoms with Crippen molar-refractivity contribution in [2.24, 2.45) is 0 Å². The fraction of sp³-hybridized carbons (Fsp3) is 0.259. The number of carbonyl (C=O) groups is 1. The van der Waals surface area contributed by atoms with Gasteiger partial charge in [-0.25, -0.2) is 4.98 Å². The van der Waals surface area contributed by atoms with Crippen molar-refractivity contribution in [2.75, 3.05) is 5.32 Å². The summed E-state index contributed by atoms with van der Waals surface area (Å²) >= 11 is 0. The Morgan fingerprint density at radius 1 is 0.853 bits per heavy atom. The fourth-order valence-corrected chi connectivity index (χ4v) is 4.59. The average Bonchev–Trinajstić information content (AvgIpc) is 3.28. The highest BCUT2D eigenvalue weighted by atomic mass is 19.4. The van der Waals surface area contributed by atoms with E-state index in [1.807, 2.05) is 18.3 Å². The molecule has 1 aliphatic rings. The molecule has 174 valence electrons. The zero-order chi connectivity index (χ0) is 23.7. The van der Waals surface area contributed by atoms with E-state index in [0.717, 1.165) is 23.3 Å².